The van der Waals surface area contributed by atoms with Crippen LogP contribution in [-0.2, 0) is 0 Å². The second kappa shape index (κ2) is 6.05. The smallest absolute Gasteiger partial charge is 0.335 e. The zero-order valence-corrected chi connectivity index (χ0v) is 11.9. The maximum absolute atomic E-state index is 12.5. The molecule has 108 valence electrons. The summed E-state index contributed by atoms with van der Waals surface area (Å²) < 4.78 is 0. The second-order valence-corrected chi connectivity index (χ2v) is 5.44. The molecule has 1 aromatic carbocycles. The lowest BCUT2D eigenvalue weighted by Gasteiger charge is -2.27. The number of nitrogens with zero attached hydrogens (tertiary/aromatic N) is 2. The topological polar surface area (TPSA) is 60.9 Å². The normalized spacial score (nSPS) is 18.6. The van der Waals surface area contributed by atoms with E-state index >= 15 is 0 Å². The van der Waals surface area contributed by atoms with Gasteiger partial charge in [0.1, 0.15) is 0 Å². The predicted molar refractivity (Wildman–Crippen MR) is 76.0 cm³/mol. The monoisotopic (exact) mass is 276 g/mol. The Kier molecular flexibility index (Phi) is 4.39. The SMILES string of the molecule is CN(C)CC1CCCN1C(=O)c1ccc(C(=O)O)cc1. The average molecular weight is 276 g/mol. The number of carbonyl (C=O) groups is 2. The first kappa shape index (κ1) is 14.5. The first-order chi connectivity index (χ1) is 9.49. The molecule has 0 aromatic heterocycles. The zero-order chi connectivity index (χ0) is 14.7. The number of amides is 1. The van der Waals surface area contributed by atoms with E-state index in [-0.39, 0.29) is 17.5 Å². The predicted octanol–water partition coefficient (Wildman–Crippen LogP) is 1.55. The van der Waals surface area contributed by atoms with Crippen LogP contribution in [0.15, 0.2) is 24.3 Å². The molecule has 20 heavy (non-hydrogen) atoms. The molecule has 5 heteroatoms. The Hall–Kier alpha value is -1.88. The number of rotatable bonds is 4. The number of carboxylic acids is 1. The van der Waals surface area contributed by atoms with E-state index in [0.717, 1.165) is 25.9 Å². The Morgan fingerprint density at radius 1 is 1.25 bits per heavy atom. The van der Waals surface area contributed by atoms with Crippen molar-refractivity contribution < 1.29 is 14.7 Å². The van der Waals surface area contributed by atoms with Gasteiger partial charge < -0.3 is 14.9 Å². The van der Waals surface area contributed by atoms with Crippen molar-refractivity contribution in [3.63, 3.8) is 0 Å². The third-order valence-electron chi connectivity index (χ3n) is 3.59. The van der Waals surface area contributed by atoms with Crippen LogP contribution in [0.25, 0.3) is 0 Å². The van der Waals surface area contributed by atoms with Crippen LogP contribution >= 0.6 is 0 Å². The van der Waals surface area contributed by atoms with Crippen LogP contribution in [0.4, 0.5) is 0 Å². The van der Waals surface area contributed by atoms with E-state index < -0.39 is 5.97 Å². The van der Waals surface area contributed by atoms with Gasteiger partial charge in [0.2, 0.25) is 0 Å². The molecule has 1 amide bonds. The molecule has 1 heterocycles. The number of likely N-dealkylation sites (tertiary alicyclic amines) is 1. The van der Waals surface area contributed by atoms with Crippen molar-refractivity contribution in [1.29, 1.82) is 0 Å². The van der Waals surface area contributed by atoms with Crippen molar-refractivity contribution in [3.8, 4) is 0 Å². The van der Waals surface area contributed by atoms with Gasteiger partial charge in [-0.2, -0.15) is 0 Å². The Morgan fingerprint density at radius 3 is 2.40 bits per heavy atom. The van der Waals surface area contributed by atoms with Gasteiger partial charge in [0, 0.05) is 24.7 Å². The lowest BCUT2D eigenvalue weighted by atomic mass is 10.1. The number of benzene rings is 1. The van der Waals surface area contributed by atoms with Gasteiger partial charge in [0.15, 0.2) is 0 Å². The summed E-state index contributed by atoms with van der Waals surface area (Å²) in [6.45, 7) is 1.64. The van der Waals surface area contributed by atoms with E-state index in [9.17, 15) is 9.59 Å². The molecule has 1 aliphatic rings. The van der Waals surface area contributed by atoms with Gasteiger partial charge in [-0.1, -0.05) is 0 Å². The largest absolute Gasteiger partial charge is 0.478 e. The van der Waals surface area contributed by atoms with Crippen LogP contribution in [0.2, 0.25) is 0 Å². The minimum absolute atomic E-state index is 0.00807. The fourth-order valence-corrected chi connectivity index (χ4v) is 2.64. The molecular formula is C15H20N2O3. The summed E-state index contributed by atoms with van der Waals surface area (Å²) in [5, 5.41) is 8.87. The van der Waals surface area contributed by atoms with Crippen LogP contribution < -0.4 is 0 Å². The fourth-order valence-electron chi connectivity index (χ4n) is 2.64. The highest BCUT2D eigenvalue weighted by Crippen LogP contribution is 2.20. The van der Waals surface area contributed by atoms with Crippen LogP contribution in [-0.4, -0.2) is 60.0 Å². The third kappa shape index (κ3) is 3.17. The highest BCUT2D eigenvalue weighted by atomic mass is 16.4. The average Bonchev–Trinajstić information content (AvgIpc) is 2.85. The van der Waals surface area contributed by atoms with Crippen molar-refractivity contribution in [2.75, 3.05) is 27.2 Å². The first-order valence-electron chi connectivity index (χ1n) is 6.78. The minimum atomic E-state index is -0.976. The van der Waals surface area contributed by atoms with Crippen LogP contribution in [0.3, 0.4) is 0 Å². The number of likely N-dealkylation sites (N-methyl/N-ethyl adjacent to an activating group) is 1. The van der Waals surface area contributed by atoms with Crippen LogP contribution in [0.5, 0.6) is 0 Å². The molecule has 5 nitrogen and oxygen atoms in total. The highest BCUT2D eigenvalue weighted by Gasteiger charge is 2.29. The van der Waals surface area contributed by atoms with E-state index in [2.05, 4.69) is 4.90 Å². The van der Waals surface area contributed by atoms with Gasteiger partial charge in [-0.15, -0.1) is 0 Å². The van der Waals surface area contributed by atoms with Gasteiger partial charge in [0.05, 0.1) is 5.56 Å². The number of carbonyl (C=O) groups excluding carboxylic acids is 1. The molecule has 2 rings (SSSR count). The Labute approximate surface area is 118 Å². The lowest BCUT2D eigenvalue weighted by molar-refractivity contribution is 0.0689. The van der Waals surface area contributed by atoms with Gasteiger partial charge in [-0.3, -0.25) is 4.79 Å². The quantitative estimate of drug-likeness (QED) is 0.906. The Morgan fingerprint density at radius 2 is 1.85 bits per heavy atom. The molecule has 0 bridgehead atoms. The van der Waals surface area contributed by atoms with Crippen molar-refractivity contribution in [2.45, 2.75) is 18.9 Å². The molecule has 0 radical (unpaired) electrons. The Balaban J connectivity index is 2.11. The molecule has 1 atom stereocenters. The molecule has 1 aromatic rings. The standard InChI is InChI=1S/C15H20N2O3/c1-16(2)10-13-4-3-9-17(13)14(18)11-5-7-12(8-6-11)15(19)20/h5-8,13H,3-4,9-10H2,1-2H3,(H,19,20). The van der Waals surface area contributed by atoms with E-state index in [4.69, 9.17) is 5.11 Å². The van der Waals surface area contributed by atoms with Crippen molar-refractivity contribution in [3.05, 3.63) is 35.4 Å². The summed E-state index contributed by atoms with van der Waals surface area (Å²) in [6, 6.07) is 6.39. The van der Waals surface area contributed by atoms with E-state index in [0.29, 0.717) is 5.56 Å². The first-order valence-corrected chi connectivity index (χ1v) is 6.78. The van der Waals surface area contributed by atoms with Crippen molar-refractivity contribution in [2.24, 2.45) is 0 Å². The van der Waals surface area contributed by atoms with E-state index in [1.807, 2.05) is 19.0 Å². The summed E-state index contributed by atoms with van der Waals surface area (Å²) in [6.07, 6.45) is 2.05. The van der Waals surface area contributed by atoms with Gasteiger partial charge in [-0.25, -0.2) is 4.79 Å². The lowest BCUT2D eigenvalue weighted by Crippen LogP contribution is -2.41. The van der Waals surface area contributed by atoms with Crippen molar-refractivity contribution in [1.82, 2.24) is 9.80 Å². The maximum Gasteiger partial charge on any atom is 0.335 e. The molecule has 1 unspecified atom stereocenters. The summed E-state index contributed by atoms with van der Waals surface area (Å²) in [7, 11) is 4.01. The van der Waals surface area contributed by atoms with E-state index in [1.54, 1.807) is 12.1 Å². The highest BCUT2D eigenvalue weighted by molar-refractivity contribution is 5.96. The molecule has 1 fully saturated rings. The maximum atomic E-state index is 12.5. The molecule has 0 aliphatic carbocycles. The summed E-state index contributed by atoms with van der Waals surface area (Å²) in [5.41, 5.74) is 0.758. The zero-order valence-electron chi connectivity index (χ0n) is 11.9. The molecule has 1 aliphatic heterocycles. The summed E-state index contributed by atoms with van der Waals surface area (Å²) in [5.74, 6) is -0.984. The fraction of sp³-hybridized carbons (Fsp3) is 0.467. The van der Waals surface area contributed by atoms with Crippen molar-refractivity contribution >= 4 is 11.9 Å². The summed E-state index contributed by atoms with van der Waals surface area (Å²) >= 11 is 0. The number of carboxylic acid groups (broad SMARTS) is 1. The van der Waals surface area contributed by atoms with Gasteiger partial charge in [0.25, 0.3) is 5.91 Å². The number of aromatic carboxylic acids is 1. The van der Waals surface area contributed by atoms with Gasteiger partial charge >= 0.3 is 5.97 Å². The summed E-state index contributed by atoms with van der Waals surface area (Å²) in [4.78, 5) is 27.3. The van der Waals surface area contributed by atoms with Crippen LogP contribution in [0, 0.1) is 0 Å². The third-order valence-corrected chi connectivity index (χ3v) is 3.59. The molecule has 1 N–H and O–H groups in total. The Bertz CT molecular complexity index is 496. The second-order valence-electron chi connectivity index (χ2n) is 5.44. The molecule has 0 saturated carbocycles. The van der Waals surface area contributed by atoms with Crippen LogP contribution in [0.1, 0.15) is 33.6 Å². The van der Waals surface area contributed by atoms with E-state index in [1.165, 1.54) is 12.1 Å². The molecular weight excluding hydrogens is 256 g/mol. The minimum Gasteiger partial charge on any atom is -0.478 e. The van der Waals surface area contributed by atoms with Gasteiger partial charge in [-0.05, 0) is 51.2 Å². The molecule has 1 saturated heterocycles. The number of hydrogen-bond donors (Lipinski definition) is 1. The molecule has 0 spiro atoms. The number of hydrogen-bond acceptors (Lipinski definition) is 3.